The number of ketones is 2. The van der Waals surface area contributed by atoms with Crippen molar-refractivity contribution in [3.05, 3.63) is 165 Å². The third-order valence-corrected chi connectivity index (χ3v) is 9.57. The third-order valence-electron chi connectivity index (χ3n) is 9.57. The highest BCUT2D eigenvalue weighted by Crippen LogP contribution is 2.27. The zero-order valence-electron chi connectivity index (χ0n) is 31.4. The van der Waals surface area contributed by atoms with E-state index in [1.54, 1.807) is 13.8 Å². The number of hydrogen-bond donors (Lipinski definition) is 0. The molecule has 1 aliphatic rings. The Morgan fingerprint density at radius 3 is 1.64 bits per heavy atom. The van der Waals surface area contributed by atoms with E-state index < -0.39 is 23.8 Å². The number of amides is 2. The lowest BCUT2D eigenvalue weighted by Crippen LogP contribution is -2.35. The van der Waals surface area contributed by atoms with Crippen LogP contribution in [0, 0.1) is 0 Å². The van der Waals surface area contributed by atoms with E-state index in [0.29, 0.717) is 12.3 Å². The Labute approximate surface area is 319 Å². The van der Waals surface area contributed by atoms with Crippen LogP contribution in [-0.4, -0.2) is 46.3 Å². The number of imide groups is 1. The summed E-state index contributed by atoms with van der Waals surface area (Å²) in [5.41, 5.74) is 5.67. The molecule has 0 aliphatic carbocycles. The van der Waals surface area contributed by atoms with E-state index in [2.05, 4.69) is 50.2 Å². The van der Waals surface area contributed by atoms with Crippen LogP contribution in [0.2, 0.25) is 0 Å². The SMILES string of the molecule is CC(=O)c1cc(C(=O)Oc2ccc(OC(=O)c3ccc4c(c3)C(=O)N(C(C)C)C4=O)cc2)ccc1C(=O)CCc1ccc(Cc2ccc(C(C)C)cc2)cc1. The molecule has 0 bridgehead atoms. The molecule has 2 amide bonds. The monoisotopic (exact) mass is 735 g/mol. The molecule has 0 N–H and O–H groups in total. The van der Waals surface area contributed by atoms with Gasteiger partial charge in [-0.05, 0) is 122 Å². The Morgan fingerprint density at radius 1 is 0.582 bits per heavy atom. The van der Waals surface area contributed by atoms with Gasteiger partial charge in [-0.1, -0.05) is 62.4 Å². The molecule has 55 heavy (non-hydrogen) atoms. The molecule has 0 aromatic heterocycles. The summed E-state index contributed by atoms with van der Waals surface area (Å²) in [7, 11) is 0. The molecule has 278 valence electrons. The summed E-state index contributed by atoms with van der Waals surface area (Å²) in [6.45, 7) is 9.16. The lowest BCUT2D eigenvalue weighted by atomic mass is 9.94. The highest BCUT2D eigenvalue weighted by molar-refractivity contribution is 6.22. The highest BCUT2D eigenvalue weighted by atomic mass is 16.5. The van der Waals surface area contributed by atoms with E-state index in [4.69, 9.17) is 9.47 Å². The average Bonchev–Trinajstić information content (AvgIpc) is 3.43. The topological polar surface area (TPSA) is 124 Å². The van der Waals surface area contributed by atoms with Crippen molar-refractivity contribution in [2.45, 2.75) is 65.8 Å². The zero-order valence-corrected chi connectivity index (χ0v) is 31.4. The first-order chi connectivity index (χ1) is 26.3. The van der Waals surface area contributed by atoms with Crippen LogP contribution in [0.15, 0.2) is 109 Å². The first-order valence-corrected chi connectivity index (χ1v) is 18.2. The van der Waals surface area contributed by atoms with Gasteiger partial charge in [-0.2, -0.15) is 0 Å². The number of ether oxygens (including phenoxy) is 2. The van der Waals surface area contributed by atoms with Crippen LogP contribution in [0.1, 0.15) is 131 Å². The minimum absolute atomic E-state index is 0.0901. The predicted molar refractivity (Wildman–Crippen MR) is 207 cm³/mol. The van der Waals surface area contributed by atoms with Crippen LogP contribution >= 0.6 is 0 Å². The van der Waals surface area contributed by atoms with Gasteiger partial charge in [0.05, 0.1) is 22.3 Å². The van der Waals surface area contributed by atoms with Crippen LogP contribution in [0.25, 0.3) is 0 Å². The maximum atomic E-state index is 13.3. The first kappa shape index (κ1) is 38.3. The number of fused-ring (bicyclic) bond motifs is 1. The largest absolute Gasteiger partial charge is 0.423 e. The molecule has 5 aromatic carbocycles. The number of hydrogen-bond acceptors (Lipinski definition) is 8. The maximum absolute atomic E-state index is 13.3. The second-order valence-corrected chi connectivity index (χ2v) is 14.2. The molecule has 1 aliphatic heterocycles. The molecule has 6 rings (SSSR count). The molecule has 0 saturated carbocycles. The summed E-state index contributed by atoms with van der Waals surface area (Å²) in [6.07, 6.45) is 1.51. The second kappa shape index (κ2) is 16.3. The molecular weight excluding hydrogens is 695 g/mol. The Hall–Kier alpha value is -6.48. The third kappa shape index (κ3) is 8.68. The van der Waals surface area contributed by atoms with E-state index in [0.717, 1.165) is 16.9 Å². The fourth-order valence-corrected chi connectivity index (χ4v) is 6.44. The van der Waals surface area contributed by atoms with Gasteiger partial charge in [0.15, 0.2) is 11.6 Å². The number of carbonyl (C=O) groups excluding carboxylic acids is 6. The number of esters is 2. The molecule has 0 fully saturated rings. The van der Waals surface area contributed by atoms with Crippen molar-refractivity contribution in [3.63, 3.8) is 0 Å². The van der Waals surface area contributed by atoms with Crippen LogP contribution < -0.4 is 9.47 Å². The van der Waals surface area contributed by atoms with Gasteiger partial charge in [0.2, 0.25) is 0 Å². The number of aryl methyl sites for hydroxylation is 1. The van der Waals surface area contributed by atoms with Crippen LogP contribution in [-0.2, 0) is 12.8 Å². The summed E-state index contributed by atoms with van der Waals surface area (Å²) in [5, 5.41) is 0. The first-order valence-electron chi connectivity index (χ1n) is 18.2. The van der Waals surface area contributed by atoms with Gasteiger partial charge in [0.25, 0.3) is 11.8 Å². The molecule has 0 saturated heterocycles. The number of Topliss-reactive ketones (excluding diaryl/α,β-unsaturated/α-hetero) is 2. The van der Waals surface area contributed by atoms with Gasteiger partial charge >= 0.3 is 11.9 Å². The lowest BCUT2D eigenvalue weighted by Gasteiger charge is -2.17. The van der Waals surface area contributed by atoms with Gasteiger partial charge in [0, 0.05) is 23.6 Å². The normalized spacial score (nSPS) is 12.2. The summed E-state index contributed by atoms with van der Waals surface area (Å²) in [5.74, 6) is -2.12. The summed E-state index contributed by atoms with van der Waals surface area (Å²) in [4.78, 5) is 78.2. The van der Waals surface area contributed by atoms with E-state index in [-0.39, 0.29) is 68.9 Å². The van der Waals surface area contributed by atoms with Gasteiger partial charge < -0.3 is 9.47 Å². The smallest absolute Gasteiger partial charge is 0.343 e. The van der Waals surface area contributed by atoms with E-state index in [1.165, 1.54) is 84.3 Å². The predicted octanol–water partition coefficient (Wildman–Crippen LogP) is 8.86. The van der Waals surface area contributed by atoms with Gasteiger partial charge in [-0.15, -0.1) is 0 Å². The highest BCUT2D eigenvalue weighted by Gasteiger charge is 2.37. The van der Waals surface area contributed by atoms with Crippen molar-refractivity contribution in [2.75, 3.05) is 0 Å². The van der Waals surface area contributed by atoms with Gasteiger partial charge in [-0.3, -0.25) is 24.1 Å². The molecular formula is C46H41NO8. The standard InChI is InChI=1S/C46H41NO8/c1-27(2)33-13-10-32(11-14-33)24-31-8-6-30(7-9-31)12-23-42(49)38-21-15-34(25-40(38)29(5)48)45(52)54-36-17-19-37(20-18-36)55-46(53)35-16-22-39-41(26-35)44(51)47(28(3)4)43(39)50/h6-11,13-22,25-28H,12,23-24H2,1-5H3. The van der Waals surface area contributed by atoms with E-state index in [1.807, 2.05) is 12.1 Å². The Kier molecular flexibility index (Phi) is 11.3. The summed E-state index contributed by atoms with van der Waals surface area (Å²) >= 11 is 0. The van der Waals surface area contributed by atoms with Crippen LogP contribution in [0.4, 0.5) is 0 Å². The molecule has 1 heterocycles. The number of rotatable bonds is 13. The second-order valence-electron chi connectivity index (χ2n) is 14.2. The van der Waals surface area contributed by atoms with Crippen LogP contribution in [0.5, 0.6) is 11.5 Å². The fourth-order valence-electron chi connectivity index (χ4n) is 6.44. The van der Waals surface area contributed by atoms with Crippen LogP contribution in [0.3, 0.4) is 0 Å². The maximum Gasteiger partial charge on any atom is 0.343 e. The zero-order chi connectivity index (χ0) is 39.4. The van der Waals surface area contributed by atoms with E-state index >= 15 is 0 Å². The Balaban J connectivity index is 1.04. The van der Waals surface area contributed by atoms with Crippen molar-refractivity contribution in [1.29, 1.82) is 0 Å². The summed E-state index contributed by atoms with van der Waals surface area (Å²) < 4.78 is 10.9. The van der Waals surface area contributed by atoms with Gasteiger partial charge in [-0.25, -0.2) is 9.59 Å². The fraction of sp³-hybridized carbons (Fsp3) is 0.217. The number of nitrogens with zero attached hydrogens (tertiary/aromatic N) is 1. The van der Waals surface area contributed by atoms with Crippen molar-refractivity contribution in [3.8, 4) is 11.5 Å². The molecule has 0 atom stereocenters. The van der Waals surface area contributed by atoms with Crippen molar-refractivity contribution < 1.29 is 38.2 Å². The minimum atomic E-state index is -0.741. The lowest BCUT2D eigenvalue weighted by molar-refractivity contribution is 0.0607. The quantitative estimate of drug-likeness (QED) is 0.0509. The van der Waals surface area contributed by atoms with Crippen molar-refractivity contribution in [2.24, 2.45) is 0 Å². The molecule has 0 unspecified atom stereocenters. The van der Waals surface area contributed by atoms with Crippen molar-refractivity contribution in [1.82, 2.24) is 4.90 Å². The molecule has 9 heteroatoms. The number of carbonyl (C=O) groups is 6. The average molecular weight is 736 g/mol. The minimum Gasteiger partial charge on any atom is -0.423 e. The molecule has 0 spiro atoms. The molecule has 0 radical (unpaired) electrons. The number of benzene rings is 5. The molecule has 9 nitrogen and oxygen atoms in total. The van der Waals surface area contributed by atoms with Gasteiger partial charge in [0.1, 0.15) is 11.5 Å². The Bertz CT molecular complexity index is 2300. The summed E-state index contributed by atoms with van der Waals surface area (Å²) in [6, 6.07) is 30.8. The Morgan fingerprint density at radius 2 is 1.09 bits per heavy atom. The van der Waals surface area contributed by atoms with E-state index in [9.17, 15) is 28.8 Å². The van der Waals surface area contributed by atoms with Crippen molar-refractivity contribution >= 4 is 35.3 Å². The molecule has 5 aromatic rings.